The zero-order valence-corrected chi connectivity index (χ0v) is 15.8. The van der Waals surface area contributed by atoms with Gasteiger partial charge in [-0.1, -0.05) is 0 Å². The molecule has 1 fully saturated rings. The normalized spacial score (nSPS) is 22.1. The van der Waals surface area contributed by atoms with Crippen molar-refractivity contribution < 1.29 is 13.2 Å². The Morgan fingerprint density at radius 1 is 1.32 bits per heavy atom. The topological polar surface area (TPSA) is 86.7 Å². The molecule has 1 unspecified atom stereocenters. The molecule has 0 N–H and O–H groups in total. The van der Waals surface area contributed by atoms with Crippen LogP contribution in [0.1, 0.15) is 17.7 Å². The van der Waals surface area contributed by atoms with Gasteiger partial charge in [0, 0.05) is 32.2 Å². The van der Waals surface area contributed by atoms with Gasteiger partial charge in [-0.05, 0) is 19.9 Å². The van der Waals surface area contributed by atoms with Crippen LogP contribution in [0.15, 0.2) is 6.33 Å². The summed E-state index contributed by atoms with van der Waals surface area (Å²) in [5.74, 6) is 1.30. The van der Waals surface area contributed by atoms with Gasteiger partial charge in [0.2, 0.25) is 5.91 Å². The Morgan fingerprint density at radius 2 is 2.08 bits per heavy atom. The van der Waals surface area contributed by atoms with Gasteiger partial charge < -0.3 is 9.80 Å². The van der Waals surface area contributed by atoms with E-state index < -0.39 is 9.84 Å². The van der Waals surface area contributed by atoms with Gasteiger partial charge >= 0.3 is 0 Å². The molecule has 1 saturated heterocycles. The summed E-state index contributed by atoms with van der Waals surface area (Å²) in [5.41, 5.74) is 2.00. The molecule has 0 aliphatic carbocycles. The highest BCUT2D eigenvalue weighted by molar-refractivity contribution is 7.91. The van der Waals surface area contributed by atoms with Crippen LogP contribution in [-0.2, 0) is 27.6 Å². The first kappa shape index (κ1) is 18.1. The van der Waals surface area contributed by atoms with E-state index in [9.17, 15) is 13.2 Å². The summed E-state index contributed by atoms with van der Waals surface area (Å²) in [7, 11) is 2.78. The van der Waals surface area contributed by atoms with Crippen LogP contribution in [0.2, 0.25) is 0 Å². The van der Waals surface area contributed by atoms with Crippen LogP contribution in [0.5, 0.6) is 0 Å². The van der Waals surface area contributed by atoms with Crippen LogP contribution in [0, 0.1) is 0 Å². The van der Waals surface area contributed by atoms with E-state index in [-0.39, 0.29) is 30.0 Å². The Kier molecular flexibility index (Phi) is 4.97. The summed E-state index contributed by atoms with van der Waals surface area (Å²) < 4.78 is 23.2. The molecule has 2 aliphatic heterocycles. The van der Waals surface area contributed by atoms with Gasteiger partial charge in [0.1, 0.15) is 12.1 Å². The maximum atomic E-state index is 12.6. The van der Waals surface area contributed by atoms with Crippen LogP contribution in [0.3, 0.4) is 0 Å². The molecule has 0 spiro atoms. The van der Waals surface area contributed by atoms with Crippen molar-refractivity contribution in [3.63, 3.8) is 0 Å². The number of hydrogen-bond acceptors (Lipinski definition) is 7. The first-order valence-electron chi connectivity index (χ1n) is 8.45. The summed E-state index contributed by atoms with van der Waals surface area (Å²) in [6.07, 6.45) is 2.88. The number of likely N-dealkylation sites (N-methyl/N-ethyl adjacent to an activating group) is 1. The number of fused-ring (bicyclic) bond motifs is 1. The smallest absolute Gasteiger partial charge is 0.237 e. The van der Waals surface area contributed by atoms with Crippen molar-refractivity contribution in [2.45, 2.75) is 25.4 Å². The molecule has 2 aliphatic rings. The first-order valence-corrected chi connectivity index (χ1v) is 10.3. The second kappa shape index (κ2) is 6.87. The Labute approximate surface area is 148 Å². The van der Waals surface area contributed by atoms with E-state index in [0.29, 0.717) is 19.5 Å². The molecule has 0 radical (unpaired) electrons. The predicted molar refractivity (Wildman–Crippen MR) is 95.2 cm³/mol. The van der Waals surface area contributed by atoms with Gasteiger partial charge in [-0.3, -0.25) is 9.69 Å². The van der Waals surface area contributed by atoms with Gasteiger partial charge in [0.25, 0.3) is 0 Å². The molecule has 0 bridgehead atoms. The highest BCUT2D eigenvalue weighted by atomic mass is 32.2. The third-order valence-corrected chi connectivity index (χ3v) is 6.73. The Bertz CT molecular complexity index is 765. The first-order chi connectivity index (χ1) is 11.8. The fourth-order valence-corrected chi connectivity index (χ4v) is 5.31. The number of carbonyl (C=O) groups excluding carboxylic acids is 1. The minimum Gasteiger partial charge on any atom is -0.362 e. The second-order valence-electron chi connectivity index (χ2n) is 7.05. The lowest BCUT2D eigenvalue weighted by molar-refractivity contribution is -0.133. The summed E-state index contributed by atoms with van der Waals surface area (Å²) in [6, 6.07) is -0.0614. The predicted octanol–water partition coefficient (Wildman–Crippen LogP) is -0.454. The molecule has 0 saturated carbocycles. The third kappa shape index (κ3) is 3.92. The quantitative estimate of drug-likeness (QED) is 0.712. The number of rotatable bonds is 4. The molecule has 3 rings (SSSR count). The van der Waals surface area contributed by atoms with E-state index in [4.69, 9.17) is 0 Å². The molecular formula is C16H25N5O3S. The van der Waals surface area contributed by atoms with Crippen molar-refractivity contribution in [2.75, 3.05) is 50.6 Å². The zero-order valence-electron chi connectivity index (χ0n) is 15.0. The standard InChI is InChI=1S/C16H25N5O3S/c1-19(2)16-13-4-6-21(8-14(13)17-11-18-16)15(22)9-20(3)12-5-7-25(23,24)10-12/h11-12H,4-10H2,1-3H3. The SMILES string of the molecule is CN(C)c1ncnc2c1CCN(C(=O)CN(C)C1CCS(=O)(=O)C1)C2. The number of aromatic nitrogens is 2. The maximum absolute atomic E-state index is 12.6. The number of carbonyl (C=O) groups is 1. The Morgan fingerprint density at radius 3 is 2.72 bits per heavy atom. The van der Waals surface area contributed by atoms with E-state index in [2.05, 4.69) is 9.97 Å². The molecule has 0 aromatic carbocycles. The van der Waals surface area contributed by atoms with E-state index in [1.54, 1.807) is 4.90 Å². The molecule has 25 heavy (non-hydrogen) atoms. The summed E-state index contributed by atoms with van der Waals surface area (Å²) >= 11 is 0. The van der Waals surface area contributed by atoms with Gasteiger partial charge in [-0.25, -0.2) is 18.4 Å². The molecule has 1 aromatic heterocycles. The van der Waals surface area contributed by atoms with Crippen molar-refractivity contribution in [2.24, 2.45) is 0 Å². The molecule has 9 heteroatoms. The van der Waals surface area contributed by atoms with Gasteiger partial charge in [-0.2, -0.15) is 0 Å². The average Bonchev–Trinajstić information content (AvgIpc) is 2.93. The fraction of sp³-hybridized carbons (Fsp3) is 0.688. The van der Waals surface area contributed by atoms with Gasteiger partial charge in [-0.15, -0.1) is 0 Å². The molecule has 1 aromatic rings. The molecule has 138 valence electrons. The van der Waals surface area contributed by atoms with Crippen molar-refractivity contribution >= 4 is 21.6 Å². The molecular weight excluding hydrogens is 342 g/mol. The zero-order chi connectivity index (χ0) is 18.2. The minimum atomic E-state index is -2.94. The largest absolute Gasteiger partial charge is 0.362 e. The van der Waals surface area contributed by atoms with E-state index in [0.717, 1.165) is 23.5 Å². The van der Waals surface area contributed by atoms with Crippen molar-refractivity contribution in [3.05, 3.63) is 17.6 Å². The van der Waals surface area contributed by atoms with Crippen molar-refractivity contribution in [1.82, 2.24) is 19.8 Å². The van der Waals surface area contributed by atoms with E-state index in [1.165, 1.54) is 6.33 Å². The number of nitrogens with zero attached hydrogens (tertiary/aromatic N) is 5. The second-order valence-corrected chi connectivity index (χ2v) is 9.28. The Hall–Kier alpha value is -1.74. The molecule has 1 amide bonds. The summed E-state index contributed by atoms with van der Waals surface area (Å²) in [6.45, 7) is 1.35. The lowest BCUT2D eigenvalue weighted by Gasteiger charge is -2.32. The monoisotopic (exact) mass is 367 g/mol. The lowest BCUT2D eigenvalue weighted by atomic mass is 10.1. The molecule has 3 heterocycles. The summed E-state index contributed by atoms with van der Waals surface area (Å²) in [4.78, 5) is 26.9. The van der Waals surface area contributed by atoms with Crippen LogP contribution in [-0.4, -0.2) is 85.9 Å². The van der Waals surface area contributed by atoms with Crippen LogP contribution >= 0.6 is 0 Å². The highest BCUT2D eigenvalue weighted by Crippen LogP contribution is 2.24. The third-order valence-electron chi connectivity index (χ3n) is 4.98. The minimum absolute atomic E-state index is 0.0162. The van der Waals surface area contributed by atoms with Crippen LogP contribution in [0.4, 0.5) is 5.82 Å². The molecule has 1 atom stereocenters. The fourth-order valence-electron chi connectivity index (χ4n) is 3.50. The van der Waals surface area contributed by atoms with Crippen LogP contribution < -0.4 is 4.90 Å². The number of hydrogen-bond donors (Lipinski definition) is 0. The van der Waals surface area contributed by atoms with Gasteiger partial charge in [0.05, 0.1) is 30.3 Å². The van der Waals surface area contributed by atoms with E-state index in [1.807, 2.05) is 30.9 Å². The Balaban J connectivity index is 1.64. The summed E-state index contributed by atoms with van der Waals surface area (Å²) in [5, 5.41) is 0. The molecule has 8 nitrogen and oxygen atoms in total. The number of anilines is 1. The highest BCUT2D eigenvalue weighted by Gasteiger charge is 2.32. The van der Waals surface area contributed by atoms with Gasteiger partial charge in [0.15, 0.2) is 9.84 Å². The van der Waals surface area contributed by atoms with E-state index >= 15 is 0 Å². The average molecular weight is 367 g/mol. The maximum Gasteiger partial charge on any atom is 0.237 e. The van der Waals surface area contributed by atoms with Crippen molar-refractivity contribution in [1.29, 1.82) is 0 Å². The number of amides is 1. The van der Waals surface area contributed by atoms with Crippen molar-refractivity contribution in [3.8, 4) is 0 Å². The number of sulfone groups is 1. The lowest BCUT2D eigenvalue weighted by Crippen LogP contribution is -2.45. The van der Waals surface area contributed by atoms with Crippen LogP contribution in [0.25, 0.3) is 0 Å².